The Morgan fingerprint density at radius 2 is 2.00 bits per heavy atom. The Bertz CT molecular complexity index is 562. The maximum Gasteiger partial charge on any atom is 0.230 e. The summed E-state index contributed by atoms with van der Waals surface area (Å²) in [6.07, 6.45) is 1.31. The van der Waals surface area contributed by atoms with Gasteiger partial charge in [0.2, 0.25) is 5.89 Å². The van der Waals surface area contributed by atoms with Crippen LogP contribution in [-0.4, -0.2) is 36.9 Å². The predicted molar refractivity (Wildman–Crippen MR) is 86.0 cm³/mol. The molecule has 0 aliphatic rings. The molecule has 1 atom stereocenters. The zero-order valence-electron chi connectivity index (χ0n) is 13.0. The molecule has 1 N–H and O–H groups in total. The minimum atomic E-state index is 0. The minimum absolute atomic E-state index is 0. The van der Waals surface area contributed by atoms with Gasteiger partial charge >= 0.3 is 0 Å². The highest BCUT2D eigenvalue weighted by molar-refractivity contribution is 5.85. The van der Waals surface area contributed by atoms with E-state index in [1.165, 1.54) is 0 Å². The van der Waals surface area contributed by atoms with E-state index in [1.807, 2.05) is 31.3 Å². The molecule has 2 rings (SSSR count). The average molecular weight is 328 g/mol. The van der Waals surface area contributed by atoms with Gasteiger partial charge in [-0.3, -0.25) is 0 Å². The van der Waals surface area contributed by atoms with Crippen LogP contribution in [0.25, 0.3) is 0 Å². The van der Waals surface area contributed by atoms with Crippen molar-refractivity contribution < 1.29 is 14.0 Å². The van der Waals surface area contributed by atoms with Gasteiger partial charge in [0.25, 0.3) is 0 Å². The van der Waals surface area contributed by atoms with Crippen LogP contribution in [0.15, 0.2) is 28.8 Å². The van der Waals surface area contributed by atoms with Crippen molar-refractivity contribution in [1.82, 2.24) is 15.5 Å². The Balaban J connectivity index is 0.00000242. The number of likely N-dealkylation sites (N-methyl/N-ethyl adjacent to an activating group) is 1. The fraction of sp³-hybridized carbons (Fsp3) is 0.467. The molecule has 0 aliphatic carbocycles. The fourth-order valence-electron chi connectivity index (χ4n) is 1.84. The van der Waals surface area contributed by atoms with Gasteiger partial charge in [0.1, 0.15) is 0 Å². The van der Waals surface area contributed by atoms with Crippen LogP contribution in [0.5, 0.6) is 11.5 Å². The van der Waals surface area contributed by atoms with Gasteiger partial charge in [-0.15, -0.1) is 12.4 Å². The monoisotopic (exact) mass is 327 g/mol. The van der Waals surface area contributed by atoms with Crippen LogP contribution in [0.2, 0.25) is 0 Å². The van der Waals surface area contributed by atoms with Crippen LogP contribution in [-0.2, 0) is 12.8 Å². The lowest BCUT2D eigenvalue weighted by Gasteiger charge is -2.08. The molecule has 22 heavy (non-hydrogen) atoms. The van der Waals surface area contributed by atoms with E-state index in [0.717, 1.165) is 6.42 Å². The lowest BCUT2D eigenvalue weighted by Crippen LogP contribution is -2.24. The Labute approximate surface area is 136 Å². The summed E-state index contributed by atoms with van der Waals surface area (Å²) >= 11 is 0. The van der Waals surface area contributed by atoms with Gasteiger partial charge < -0.3 is 19.3 Å². The Hall–Kier alpha value is -1.79. The third-order valence-corrected chi connectivity index (χ3v) is 3.13. The molecule has 0 aliphatic heterocycles. The van der Waals surface area contributed by atoms with Crippen LogP contribution in [0.1, 0.15) is 18.6 Å². The standard InChI is InChI=1S/C15H21N3O3.ClH/c1-11(16-2)10-14-17-15(21-18-14)8-9-20-13-7-5-4-6-12(13)19-3;/h4-7,11,16H,8-10H2,1-3H3;1H. The molecular formula is C15H22ClN3O3. The lowest BCUT2D eigenvalue weighted by molar-refractivity contribution is 0.277. The highest BCUT2D eigenvalue weighted by atomic mass is 35.5. The molecule has 2 aromatic rings. The molecule has 6 nitrogen and oxygen atoms in total. The molecule has 122 valence electrons. The summed E-state index contributed by atoms with van der Waals surface area (Å²) in [4.78, 5) is 4.34. The van der Waals surface area contributed by atoms with Crippen molar-refractivity contribution >= 4 is 12.4 Å². The number of benzene rings is 1. The number of hydrogen-bond donors (Lipinski definition) is 1. The summed E-state index contributed by atoms with van der Waals surface area (Å²) < 4.78 is 16.1. The third kappa shape index (κ3) is 5.20. The van der Waals surface area contributed by atoms with Crippen molar-refractivity contribution in [3.63, 3.8) is 0 Å². The SMILES string of the molecule is CNC(C)Cc1noc(CCOc2ccccc2OC)n1.Cl. The lowest BCUT2D eigenvalue weighted by atomic mass is 10.2. The van der Waals surface area contributed by atoms with Gasteiger partial charge in [0, 0.05) is 12.5 Å². The quantitative estimate of drug-likeness (QED) is 0.802. The molecule has 1 unspecified atom stereocenters. The van der Waals surface area contributed by atoms with Crippen molar-refractivity contribution in [2.45, 2.75) is 25.8 Å². The molecule has 0 spiro atoms. The second kappa shape index (κ2) is 9.27. The molecule has 0 saturated carbocycles. The maximum atomic E-state index is 5.68. The highest BCUT2D eigenvalue weighted by Gasteiger charge is 2.10. The van der Waals surface area contributed by atoms with Crippen molar-refractivity contribution in [2.24, 2.45) is 0 Å². The van der Waals surface area contributed by atoms with Gasteiger partial charge in [0.05, 0.1) is 20.1 Å². The minimum Gasteiger partial charge on any atom is -0.493 e. The first-order valence-electron chi connectivity index (χ1n) is 6.97. The van der Waals surface area contributed by atoms with Crippen molar-refractivity contribution in [2.75, 3.05) is 20.8 Å². The highest BCUT2D eigenvalue weighted by Crippen LogP contribution is 2.25. The number of nitrogens with zero attached hydrogens (tertiary/aromatic N) is 2. The molecule has 1 heterocycles. The fourth-order valence-corrected chi connectivity index (χ4v) is 1.84. The Kier molecular flexibility index (Phi) is 7.70. The van der Waals surface area contributed by atoms with Gasteiger partial charge in [-0.1, -0.05) is 17.3 Å². The molecule has 1 aromatic carbocycles. The maximum absolute atomic E-state index is 5.68. The largest absolute Gasteiger partial charge is 0.493 e. The first kappa shape index (κ1) is 18.3. The van der Waals surface area contributed by atoms with E-state index in [4.69, 9.17) is 14.0 Å². The predicted octanol–water partition coefficient (Wildman–Crippen LogP) is 2.27. The van der Waals surface area contributed by atoms with E-state index in [9.17, 15) is 0 Å². The molecule has 0 fully saturated rings. The van der Waals surface area contributed by atoms with Crippen molar-refractivity contribution in [3.05, 3.63) is 36.0 Å². The summed E-state index contributed by atoms with van der Waals surface area (Å²) in [5.74, 6) is 2.72. The van der Waals surface area contributed by atoms with E-state index >= 15 is 0 Å². The molecule has 7 heteroatoms. The number of hydrogen-bond acceptors (Lipinski definition) is 6. The summed E-state index contributed by atoms with van der Waals surface area (Å²) in [7, 11) is 3.53. The second-order valence-corrected chi connectivity index (χ2v) is 4.75. The number of ether oxygens (including phenoxy) is 2. The molecule has 0 radical (unpaired) electrons. The van der Waals surface area contributed by atoms with E-state index in [-0.39, 0.29) is 12.4 Å². The van der Waals surface area contributed by atoms with Crippen LogP contribution < -0.4 is 14.8 Å². The number of aromatic nitrogens is 2. The van der Waals surface area contributed by atoms with Crippen LogP contribution >= 0.6 is 12.4 Å². The normalized spacial score (nSPS) is 11.6. The van der Waals surface area contributed by atoms with Gasteiger partial charge in [0.15, 0.2) is 17.3 Å². The van der Waals surface area contributed by atoms with E-state index in [0.29, 0.717) is 42.3 Å². The Morgan fingerprint density at radius 3 is 2.68 bits per heavy atom. The van der Waals surface area contributed by atoms with E-state index in [2.05, 4.69) is 22.4 Å². The van der Waals surface area contributed by atoms with E-state index in [1.54, 1.807) is 7.11 Å². The molecule has 0 saturated heterocycles. The first-order valence-corrected chi connectivity index (χ1v) is 6.97. The number of rotatable bonds is 8. The molecule has 0 amide bonds. The smallest absolute Gasteiger partial charge is 0.230 e. The van der Waals surface area contributed by atoms with Crippen molar-refractivity contribution in [1.29, 1.82) is 0 Å². The Morgan fingerprint density at radius 1 is 1.27 bits per heavy atom. The van der Waals surface area contributed by atoms with Crippen molar-refractivity contribution in [3.8, 4) is 11.5 Å². The van der Waals surface area contributed by atoms with Gasteiger partial charge in [-0.25, -0.2) is 0 Å². The second-order valence-electron chi connectivity index (χ2n) is 4.75. The number of para-hydroxylation sites is 2. The van der Waals surface area contributed by atoms with Crippen LogP contribution in [0, 0.1) is 0 Å². The zero-order valence-corrected chi connectivity index (χ0v) is 13.9. The number of methoxy groups -OCH3 is 1. The average Bonchev–Trinajstić information content (AvgIpc) is 2.95. The summed E-state index contributed by atoms with van der Waals surface area (Å²) in [5.41, 5.74) is 0. The molecule has 0 bridgehead atoms. The number of nitrogens with one attached hydrogen (secondary N) is 1. The zero-order chi connectivity index (χ0) is 15.1. The number of halogens is 1. The molecular weight excluding hydrogens is 306 g/mol. The summed E-state index contributed by atoms with van der Waals surface area (Å²) in [6.45, 7) is 2.53. The molecule has 1 aromatic heterocycles. The van der Waals surface area contributed by atoms with Gasteiger partial charge in [-0.2, -0.15) is 4.98 Å². The van der Waals surface area contributed by atoms with Gasteiger partial charge in [-0.05, 0) is 26.1 Å². The first-order chi connectivity index (χ1) is 10.2. The van der Waals surface area contributed by atoms with Crippen LogP contribution in [0.4, 0.5) is 0 Å². The summed E-state index contributed by atoms with van der Waals surface area (Å²) in [5, 5.41) is 7.10. The topological polar surface area (TPSA) is 69.4 Å². The third-order valence-electron chi connectivity index (χ3n) is 3.13. The van der Waals surface area contributed by atoms with Crippen LogP contribution in [0.3, 0.4) is 0 Å². The van der Waals surface area contributed by atoms with E-state index < -0.39 is 0 Å². The summed E-state index contributed by atoms with van der Waals surface area (Å²) in [6, 6.07) is 7.85.